The number of carbonyl (C=O) groups excluding carboxylic acids is 1. The van der Waals surface area contributed by atoms with Gasteiger partial charge in [0.2, 0.25) is 25.5 Å². The van der Waals surface area contributed by atoms with Crippen molar-refractivity contribution in [3.05, 3.63) is 110 Å². The number of benzene rings is 2. The van der Waals surface area contributed by atoms with Crippen LogP contribution in [-0.2, 0) is 31.2 Å². The van der Waals surface area contributed by atoms with Gasteiger partial charge in [-0.05, 0) is 77.5 Å². The molecule has 0 aromatic heterocycles. The van der Waals surface area contributed by atoms with Gasteiger partial charge in [0, 0.05) is 11.1 Å². The fraction of sp³-hybridized carbons (Fsp3) is 0.200. The maximum atomic E-state index is 13.2. The number of rotatable bonds is 6. The van der Waals surface area contributed by atoms with Crippen molar-refractivity contribution in [1.82, 2.24) is 0 Å². The smallest absolute Gasteiger partial charge is 0.335 e. The van der Waals surface area contributed by atoms with Gasteiger partial charge in [-0.2, -0.15) is 0 Å². The number of fused-ring (bicyclic) bond motifs is 2. The van der Waals surface area contributed by atoms with Gasteiger partial charge in [-0.15, -0.1) is 0 Å². The summed E-state index contributed by atoms with van der Waals surface area (Å²) in [7, 11) is -8.26. The molecule has 5 rings (SSSR count). The highest BCUT2D eigenvalue weighted by Gasteiger charge is 2.39. The number of Topliss-reactive ketones (excluding diaryl/α,β-unsaturated/α-hetero) is 1. The van der Waals surface area contributed by atoms with E-state index in [-0.39, 0.29) is 43.4 Å². The predicted octanol–water partition coefficient (Wildman–Crippen LogP) is 5.17. The molecule has 3 N–H and O–H groups in total. The van der Waals surface area contributed by atoms with E-state index in [1.807, 2.05) is 13.8 Å². The van der Waals surface area contributed by atoms with Crippen LogP contribution in [0.4, 0.5) is 0 Å². The van der Waals surface area contributed by atoms with E-state index < -0.39 is 42.1 Å². The number of aliphatic hydroxyl groups is 1. The van der Waals surface area contributed by atoms with Gasteiger partial charge in [0.15, 0.2) is 0 Å². The lowest BCUT2D eigenvalue weighted by molar-refractivity contribution is -0.253. The Kier molecular flexibility index (Phi) is 7.22. The van der Waals surface area contributed by atoms with Gasteiger partial charge in [0.25, 0.3) is 0 Å². The third-order valence-electron chi connectivity index (χ3n) is 7.25. The SMILES string of the molecule is CC1(C)CC(=CC=C2C(=O)c3ccc(C(=O)O)cc3S2(=O)=O)C=C(C=CC2=C(O)c3ccc(COO)cc3S2(=O)=O)C1. The Bertz CT molecular complexity index is 1940. The summed E-state index contributed by atoms with van der Waals surface area (Å²) in [6.45, 7) is 3.75. The standard InChI is InChI=1S/C30H26O10S2/c1-30(2)14-17(4-9-23-27(31)21-7-3-19(16-40-35)12-25(21)41(23,36)37)11-18(15-30)5-10-24-28(32)22-8-6-20(29(33)34)13-26(22)42(24,38)39/h3-13,31,35H,14-16H2,1-2H3,(H,33,34). The lowest BCUT2D eigenvalue weighted by Gasteiger charge is -2.30. The summed E-state index contributed by atoms with van der Waals surface area (Å²) in [5.41, 5.74) is 1.32. The van der Waals surface area contributed by atoms with Gasteiger partial charge in [-0.25, -0.2) is 26.5 Å². The summed E-state index contributed by atoms with van der Waals surface area (Å²) in [6.07, 6.45) is 8.49. The predicted molar refractivity (Wildman–Crippen MR) is 152 cm³/mol. The number of carboxylic acids is 1. The molecule has 1 aliphatic carbocycles. The minimum atomic E-state index is -4.22. The highest BCUT2D eigenvalue weighted by atomic mass is 32.2. The monoisotopic (exact) mass is 610 g/mol. The molecule has 0 unspecified atom stereocenters. The zero-order chi connectivity index (χ0) is 30.6. The van der Waals surface area contributed by atoms with Gasteiger partial charge in [-0.1, -0.05) is 38.1 Å². The highest BCUT2D eigenvalue weighted by molar-refractivity contribution is 7.97. The Morgan fingerprint density at radius 1 is 0.952 bits per heavy atom. The van der Waals surface area contributed by atoms with Crippen molar-refractivity contribution in [3.63, 3.8) is 0 Å². The van der Waals surface area contributed by atoms with E-state index in [4.69, 9.17) is 5.26 Å². The van der Waals surface area contributed by atoms with Crippen molar-refractivity contribution in [3.8, 4) is 0 Å². The molecule has 10 nitrogen and oxygen atoms in total. The molecule has 2 heterocycles. The van der Waals surface area contributed by atoms with Crippen LogP contribution in [-0.4, -0.2) is 44.1 Å². The topological polar surface area (TPSA) is 172 Å². The quantitative estimate of drug-likeness (QED) is 0.225. The molecule has 3 aliphatic rings. The number of ketones is 1. The van der Waals surface area contributed by atoms with E-state index in [0.29, 0.717) is 29.6 Å². The van der Waals surface area contributed by atoms with Gasteiger partial charge in [0.1, 0.15) is 22.2 Å². The van der Waals surface area contributed by atoms with Crippen LogP contribution in [0.3, 0.4) is 0 Å². The van der Waals surface area contributed by atoms with Crippen LogP contribution in [0.15, 0.2) is 97.5 Å². The second-order valence-electron chi connectivity index (χ2n) is 11.0. The van der Waals surface area contributed by atoms with Crippen LogP contribution in [0.2, 0.25) is 0 Å². The first-order chi connectivity index (χ1) is 19.7. The summed E-state index contributed by atoms with van der Waals surface area (Å²) >= 11 is 0. The average Bonchev–Trinajstić information content (AvgIpc) is 3.22. The molecule has 0 fully saturated rings. The van der Waals surface area contributed by atoms with Crippen LogP contribution in [0.5, 0.6) is 0 Å². The zero-order valence-electron chi connectivity index (χ0n) is 22.5. The van der Waals surface area contributed by atoms with Crippen LogP contribution in [0, 0.1) is 5.41 Å². The van der Waals surface area contributed by atoms with Gasteiger partial charge in [-0.3, -0.25) is 10.1 Å². The third-order valence-corrected chi connectivity index (χ3v) is 10.9. The Morgan fingerprint density at radius 2 is 1.64 bits per heavy atom. The van der Waals surface area contributed by atoms with E-state index in [1.54, 1.807) is 12.2 Å². The summed E-state index contributed by atoms with van der Waals surface area (Å²) in [5.74, 6) is -2.43. The molecular weight excluding hydrogens is 584 g/mol. The molecule has 218 valence electrons. The highest BCUT2D eigenvalue weighted by Crippen LogP contribution is 2.42. The maximum absolute atomic E-state index is 13.2. The van der Waals surface area contributed by atoms with E-state index in [0.717, 1.165) is 6.07 Å². The summed E-state index contributed by atoms with van der Waals surface area (Å²) < 4.78 is 52.5. The number of sulfone groups is 2. The molecule has 0 saturated carbocycles. The Balaban J connectivity index is 1.47. The fourth-order valence-corrected chi connectivity index (χ4v) is 8.57. The van der Waals surface area contributed by atoms with E-state index in [9.17, 15) is 36.6 Å². The van der Waals surface area contributed by atoms with Gasteiger partial charge >= 0.3 is 5.97 Å². The van der Waals surface area contributed by atoms with Crippen LogP contribution in [0.25, 0.3) is 5.76 Å². The number of hydrogen-bond donors (Lipinski definition) is 3. The minimum Gasteiger partial charge on any atom is -0.506 e. The van der Waals surface area contributed by atoms with E-state index in [2.05, 4.69) is 4.89 Å². The van der Waals surface area contributed by atoms with Crippen LogP contribution < -0.4 is 0 Å². The molecule has 0 radical (unpaired) electrons. The summed E-state index contributed by atoms with van der Waals surface area (Å²) in [4.78, 5) is 27.1. The fourth-order valence-electron chi connectivity index (χ4n) is 5.39. The Hall–Kier alpha value is -4.10. The molecule has 42 heavy (non-hydrogen) atoms. The number of carboxylic acid groups (broad SMARTS) is 1. The molecular formula is C30H26O10S2. The summed E-state index contributed by atoms with van der Waals surface area (Å²) in [5, 5.41) is 28.6. The molecule has 0 amide bonds. The lowest BCUT2D eigenvalue weighted by atomic mass is 9.75. The van der Waals surface area contributed by atoms with Crippen molar-refractivity contribution >= 4 is 37.2 Å². The van der Waals surface area contributed by atoms with E-state index >= 15 is 0 Å². The number of allylic oxidation sites excluding steroid dienone is 8. The van der Waals surface area contributed by atoms with Crippen LogP contribution in [0.1, 0.15) is 58.5 Å². The average molecular weight is 611 g/mol. The number of hydrogen-bond acceptors (Lipinski definition) is 9. The molecule has 0 spiro atoms. The van der Waals surface area contributed by atoms with Crippen molar-refractivity contribution < 1.29 is 46.8 Å². The summed E-state index contributed by atoms with van der Waals surface area (Å²) in [6, 6.07) is 7.65. The van der Waals surface area contributed by atoms with Crippen LogP contribution >= 0.6 is 0 Å². The lowest BCUT2D eigenvalue weighted by Crippen LogP contribution is -2.16. The first kappa shape index (κ1) is 29.4. The van der Waals surface area contributed by atoms with Crippen molar-refractivity contribution in [1.29, 1.82) is 0 Å². The zero-order valence-corrected chi connectivity index (χ0v) is 24.1. The molecule has 12 heteroatoms. The number of aliphatic hydroxyl groups excluding tert-OH is 1. The molecule has 2 aliphatic heterocycles. The van der Waals surface area contributed by atoms with Crippen molar-refractivity contribution in [2.24, 2.45) is 5.41 Å². The normalized spacial score (nSPS) is 22.1. The molecule has 0 bridgehead atoms. The second-order valence-corrected chi connectivity index (χ2v) is 14.8. The number of carbonyl (C=O) groups is 2. The largest absolute Gasteiger partial charge is 0.506 e. The Labute approximate surface area is 242 Å². The first-order valence-electron chi connectivity index (χ1n) is 12.7. The minimum absolute atomic E-state index is 0.0874. The first-order valence-corrected chi connectivity index (χ1v) is 15.7. The maximum Gasteiger partial charge on any atom is 0.335 e. The van der Waals surface area contributed by atoms with Gasteiger partial charge in [0.05, 0.1) is 15.4 Å². The Morgan fingerprint density at radius 3 is 2.33 bits per heavy atom. The molecule has 0 atom stereocenters. The van der Waals surface area contributed by atoms with Crippen molar-refractivity contribution in [2.45, 2.75) is 43.1 Å². The third kappa shape index (κ3) is 5.07. The number of aromatic carboxylic acids is 1. The molecule has 2 aromatic rings. The molecule has 2 aromatic carbocycles. The van der Waals surface area contributed by atoms with Crippen molar-refractivity contribution in [2.75, 3.05) is 0 Å². The molecule has 0 saturated heterocycles. The second kappa shape index (κ2) is 10.3. The van der Waals surface area contributed by atoms with Gasteiger partial charge < -0.3 is 10.2 Å². The van der Waals surface area contributed by atoms with E-state index in [1.165, 1.54) is 48.6 Å².